The Hall–Kier alpha value is -1.37. The van der Waals surface area contributed by atoms with Gasteiger partial charge in [-0.3, -0.25) is 4.79 Å². The van der Waals surface area contributed by atoms with E-state index in [1.165, 1.54) is 16.7 Å². The van der Waals surface area contributed by atoms with Crippen molar-refractivity contribution in [3.63, 3.8) is 0 Å². The van der Waals surface area contributed by atoms with Crippen molar-refractivity contribution < 1.29 is 4.79 Å². The minimum absolute atomic E-state index is 0.345. The molecule has 1 nitrogen and oxygen atoms in total. The van der Waals surface area contributed by atoms with Crippen LogP contribution in [-0.2, 0) is 11.2 Å². The first-order valence-corrected chi connectivity index (χ1v) is 5.59. The Morgan fingerprint density at radius 2 is 2.07 bits per heavy atom. The summed E-state index contributed by atoms with van der Waals surface area (Å²) >= 11 is 0. The third kappa shape index (κ3) is 1.19. The van der Waals surface area contributed by atoms with E-state index in [1.807, 2.05) is 6.92 Å². The van der Waals surface area contributed by atoms with E-state index in [0.717, 1.165) is 24.8 Å². The summed E-state index contributed by atoms with van der Waals surface area (Å²) in [5, 5.41) is 0. The number of carbonyl (C=O) groups excluding carboxylic acids is 1. The fourth-order valence-corrected chi connectivity index (χ4v) is 2.95. The molecule has 2 aliphatic rings. The Balaban J connectivity index is 2.22. The van der Waals surface area contributed by atoms with Crippen LogP contribution in [0.5, 0.6) is 0 Å². The van der Waals surface area contributed by atoms with Gasteiger partial charge in [-0.05, 0) is 48.0 Å². The molecule has 0 aromatic heterocycles. The lowest BCUT2D eigenvalue weighted by molar-refractivity contribution is -0.116. The highest BCUT2D eigenvalue weighted by molar-refractivity contribution is 6.05. The van der Waals surface area contributed by atoms with Gasteiger partial charge in [-0.1, -0.05) is 24.3 Å². The van der Waals surface area contributed by atoms with Crippen molar-refractivity contribution in [2.75, 3.05) is 0 Å². The van der Waals surface area contributed by atoms with Crippen molar-refractivity contribution in [1.29, 1.82) is 0 Å². The number of rotatable bonds is 0. The molecule has 0 fully saturated rings. The van der Waals surface area contributed by atoms with Crippen molar-refractivity contribution in [3.8, 4) is 0 Å². The lowest BCUT2D eigenvalue weighted by Crippen LogP contribution is -2.14. The zero-order chi connectivity index (χ0) is 10.4. The van der Waals surface area contributed by atoms with Crippen molar-refractivity contribution >= 4 is 11.4 Å². The fraction of sp³-hybridized carbons (Fsp3) is 0.357. The molecule has 2 aliphatic carbocycles. The average Bonchev–Trinajstić information content (AvgIpc) is 2.62. The minimum atomic E-state index is 0.345. The van der Waals surface area contributed by atoms with Crippen molar-refractivity contribution in [2.45, 2.75) is 26.2 Å². The molecule has 1 aromatic carbocycles. The summed E-state index contributed by atoms with van der Waals surface area (Å²) in [5.74, 6) is 0.957. The van der Waals surface area contributed by atoms with E-state index < -0.39 is 0 Å². The lowest BCUT2D eigenvalue weighted by atomic mass is 9.83. The van der Waals surface area contributed by atoms with Crippen LogP contribution in [0, 0.1) is 5.92 Å². The molecule has 0 radical (unpaired) electrons. The third-order valence-electron chi connectivity index (χ3n) is 3.72. The van der Waals surface area contributed by atoms with Gasteiger partial charge in [0.1, 0.15) is 0 Å². The number of hydrogen-bond acceptors (Lipinski definition) is 1. The number of fused-ring (bicyclic) bond motifs is 3. The van der Waals surface area contributed by atoms with Crippen LogP contribution in [0.1, 0.15) is 30.9 Å². The molecule has 0 aliphatic heterocycles. The van der Waals surface area contributed by atoms with Gasteiger partial charge < -0.3 is 0 Å². The predicted octanol–water partition coefficient (Wildman–Crippen LogP) is 3.00. The maximum Gasteiger partial charge on any atom is 0.158 e. The summed E-state index contributed by atoms with van der Waals surface area (Å²) in [7, 11) is 0. The average molecular weight is 198 g/mol. The molecular formula is C14H14O. The SMILES string of the molecule is CC1=C2c3ccccc3CC2CCC1=O. The second kappa shape index (κ2) is 3.06. The lowest BCUT2D eigenvalue weighted by Gasteiger charge is -2.20. The number of ketones is 1. The van der Waals surface area contributed by atoms with Crippen LogP contribution in [0.3, 0.4) is 0 Å². The highest BCUT2D eigenvalue weighted by Gasteiger charge is 2.32. The summed E-state index contributed by atoms with van der Waals surface area (Å²) in [4.78, 5) is 11.7. The largest absolute Gasteiger partial charge is 0.295 e. The van der Waals surface area contributed by atoms with Gasteiger partial charge >= 0.3 is 0 Å². The van der Waals surface area contributed by atoms with E-state index in [9.17, 15) is 4.79 Å². The topological polar surface area (TPSA) is 17.1 Å². The molecule has 0 N–H and O–H groups in total. The molecule has 1 heteroatoms. The first kappa shape index (κ1) is 8.90. The van der Waals surface area contributed by atoms with Crippen LogP contribution in [0.2, 0.25) is 0 Å². The Morgan fingerprint density at radius 1 is 1.27 bits per heavy atom. The highest BCUT2D eigenvalue weighted by Crippen LogP contribution is 2.44. The number of hydrogen-bond donors (Lipinski definition) is 0. The standard InChI is InChI=1S/C14H14O/c1-9-13(15)7-6-11-8-10-4-2-3-5-12(10)14(9)11/h2-5,11H,6-8H2,1H3. The molecule has 3 rings (SSSR count). The highest BCUT2D eigenvalue weighted by atomic mass is 16.1. The third-order valence-corrected chi connectivity index (χ3v) is 3.72. The van der Waals surface area contributed by atoms with Gasteiger partial charge in [0.15, 0.2) is 5.78 Å². The van der Waals surface area contributed by atoms with E-state index in [4.69, 9.17) is 0 Å². The first-order valence-electron chi connectivity index (χ1n) is 5.59. The van der Waals surface area contributed by atoms with Gasteiger partial charge in [0.25, 0.3) is 0 Å². The molecule has 1 aromatic rings. The van der Waals surface area contributed by atoms with Gasteiger partial charge in [-0.25, -0.2) is 0 Å². The number of carbonyl (C=O) groups is 1. The van der Waals surface area contributed by atoms with E-state index in [1.54, 1.807) is 0 Å². The molecule has 0 amide bonds. The smallest absolute Gasteiger partial charge is 0.158 e. The molecule has 0 heterocycles. The summed E-state index contributed by atoms with van der Waals surface area (Å²) in [6.07, 6.45) is 2.92. The Bertz CT molecular complexity index is 468. The zero-order valence-electron chi connectivity index (χ0n) is 8.92. The Morgan fingerprint density at radius 3 is 2.93 bits per heavy atom. The van der Waals surface area contributed by atoms with E-state index in [0.29, 0.717) is 11.7 Å². The second-order valence-electron chi connectivity index (χ2n) is 4.56. The first-order chi connectivity index (χ1) is 7.27. The molecule has 76 valence electrons. The maximum absolute atomic E-state index is 11.7. The molecule has 0 saturated heterocycles. The van der Waals surface area contributed by atoms with Gasteiger partial charge in [-0.15, -0.1) is 0 Å². The fourth-order valence-electron chi connectivity index (χ4n) is 2.95. The van der Waals surface area contributed by atoms with Crippen LogP contribution in [0.15, 0.2) is 29.8 Å². The van der Waals surface area contributed by atoms with Crippen LogP contribution >= 0.6 is 0 Å². The normalized spacial score (nSPS) is 24.1. The van der Waals surface area contributed by atoms with Crippen molar-refractivity contribution in [3.05, 3.63) is 41.0 Å². The monoisotopic (exact) mass is 198 g/mol. The van der Waals surface area contributed by atoms with Crippen LogP contribution in [0.25, 0.3) is 5.57 Å². The van der Waals surface area contributed by atoms with Crippen molar-refractivity contribution in [1.82, 2.24) is 0 Å². The molecular weight excluding hydrogens is 184 g/mol. The number of Topliss-reactive ketones (excluding diaryl/α,β-unsaturated/α-hetero) is 1. The van der Waals surface area contributed by atoms with Crippen LogP contribution < -0.4 is 0 Å². The molecule has 0 spiro atoms. The molecule has 0 saturated carbocycles. The maximum atomic E-state index is 11.7. The molecule has 15 heavy (non-hydrogen) atoms. The quantitative estimate of drug-likeness (QED) is 0.626. The van der Waals surface area contributed by atoms with Crippen LogP contribution in [0.4, 0.5) is 0 Å². The summed E-state index contributed by atoms with van der Waals surface area (Å²) in [5.41, 5.74) is 5.10. The predicted molar refractivity (Wildman–Crippen MR) is 60.5 cm³/mol. The van der Waals surface area contributed by atoms with E-state index in [-0.39, 0.29) is 0 Å². The van der Waals surface area contributed by atoms with Crippen molar-refractivity contribution in [2.24, 2.45) is 5.92 Å². The minimum Gasteiger partial charge on any atom is -0.295 e. The summed E-state index contributed by atoms with van der Waals surface area (Å²) < 4.78 is 0. The van der Waals surface area contributed by atoms with Gasteiger partial charge in [-0.2, -0.15) is 0 Å². The van der Waals surface area contributed by atoms with Gasteiger partial charge in [0.2, 0.25) is 0 Å². The summed E-state index contributed by atoms with van der Waals surface area (Å²) in [6.45, 7) is 1.99. The molecule has 0 bridgehead atoms. The van der Waals surface area contributed by atoms with E-state index in [2.05, 4.69) is 24.3 Å². The Labute approximate surface area is 89.8 Å². The summed E-state index contributed by atoms with van der Waals surface area (Å²) in [6, 6.07) is 8.51. The van der Waals surface area contributed by atoms with Crippen LogP contribution in [-0.4, -0.2) is 5.78 Å². The number of allylic oxidation sites excluding steroid dienone is 2. The molecule has 1 unspecified atom stereocenters. The number of benzene rings is 1. The zero-order valence-corrected chi connectivity index (χ0v) is 8.92. The van der Waals surface area contributed by atoms with E-state index >= 15 is 0 Å². The van der Waals surface area contributed by atoms with Gasteiger partial charge in [0.05, 0.1) is 0 Å². The second-order valence-corrected chi connectivity index (χ2v) is 4.56. The van der Waals surface area contributed by atoms with Gasteiger partial charge in [0, 0.05) is 6.42 Å². The Kier molecular flexibility index (Phi) is 1.82. The molecule has 1 atom stereocenters.